The van der Waals surface area contributed by atoms with Gasteiger partial charge in [-0.1, -0.05) is 23.2 Å². The molecule has 0 aliphatic heterocycles. The number of alkyl halides is 1. The lowest BCUT2D eigenvalue weighted by atomic mass is 10.3. The molecule has 0 bridgehead atoms. The van der Waals surface area contributed by atoms with Gasteiger partial charge < -0.3 is 0 Å². The zero-order valence-electron chi connectivity index (χ0n) is 7.10. The molecule has 0 fully saturated rings. The van der Waals surface area contributed by atoms with Gasteiger partial charge in [0.15, 0.2) is 0 Å². The fraction of sp³-hybridized carbons (Fsp3) is 0.143. The van der Waals surface area contributed by atoms with E-state index in [0.717, 1.165) is 0 Å². The molecule has 1 rings (SSSR count). The monoisotopic (exact) mass is 351 g/mol. The third-order valence-corrected chi connectivity index (χ3v) is 4.90. The van der Waals surface area contributed by atoms with Crippen LogP contribution in [-0.2, 0) is 10.0 Å². The second-order valence-electron chi connectivity index (χ2n) is 2.55. The molecule has 8 heteroatoms. The highest BCUT2D eigenvalue weighted by Gasteiger charge is 2.13. The Hall–Kier alpha value is 0.320. The highest BCUT2D eigenvalue weighted by atomic mass is 79.9. The average molecular weight is 353 g/mol. The highest BCUT2D eigenvalue weighted by Crippen LogP contribution is 2.36. The molecule has 0 radical (unpaired) electrons. The first-order chi connectivity index (χ1) is 6.87. The van der Waals surface area contributed by atoms with Gasteiger partial charge >= 0.3 is 0 Å². The van der Waals surface area contributed by atoms with Crippen molar-refractivity contribution in [2.24, 2.45) is 0 Å². The lowest BCUT2D eigenvalue weighted by Crippen LogP contribution is -2.13. The number of hydrogen-bond acceptors (Lipinski definition) is 2. The number of halogens is 4. The molecule has 3 nitrogen and oxygen atoms in total. The zero-order valence-corrected chi connectivity index (χ0v) is 11.8. The van der Waals surface area contributed by atoms with Crippen LogP contribution in [0.2, 0.25) is 10.0 Å². The van der Waals surface area contributed by atoms with E-state index in [1.165, 1.54) is 6.07 Å². The SMILES string of the molecule is O=S(=O)(CCl)Nc1ccc(Br)c(Cl)c1Cl. The Labute approximate surface area is 111 Å². The fourth-order valence-corrected chi connectivity index (χ4v) is 2.40. The number of rotatable bonds is 3. The van der Waals surface area contributed by atoms with Crippen LogP contribution in [-0.4, -0.2) is 13.6 Å². The van der Waals surface area contributed by atoms with Crippen molar-refractivity contribution in [3.8, 4) is 0 Å². The van der Waals surface area contributed by atoms with Crippen molar-refractivity contribution < 1.29 is 8.42 Å². The van der Waals surface area contributed by atoms with E-state index in [0.29, 0.717) is 4.47 Å². The quantitative estimate of drug-likeness (QED) is 0.665. The van der Waals surface area contributed by atoms with Crippen molar-refractivity contribution in [1.82, 2.24) is 0 Å². The minimum atomic E-state index is -3.57. The summed E-state index contributed by atoms with van der Waals surface area (Å²) >= 11 is 20.0. The topological polar surface area (TPSA) is 46.2 Å². The largest absolute Gasteiger partial charge is 0.281 e. The molecule has 15 heavy (non-hydrogen) atoms. The van der Waals surface area contributed by atoms with E-state index >= 15 is 0 Å². The van der Waals surface area contributed by atoms with E-state index < -0.39 is 15.2 Å². The van der Waals surface area contributed by atoms with Crippen molar-refractivity contribution in [3.05, 3.63) is 26.7 Å². The Morgan fingerprint density at radius 1 is 1.27 bits per heavy atom. The third kappa shape index (κ3) is 3.39. The summed E-state index contributed by atoms with van der Waals surface area (Å²) in [4.78, 5) is 0. The molecule has 84 valence electrons. The molecule has 1 N–H and O–H groups in total. The standard InChI is InChI=1S/C7H5BrCl3NO2S/c8-4-1-2-5(7(11)6(4)10)12-15(13,14)3-9/h1-2,12H,3H2. The molecule has 1 aromatic rings. The van der Waals surface area contributed by atoms with Crippen LogP contribution >= 0.6 is 50.7 Å². The summed E-state index contributed by atoms with van der Waals surface area (Å²) in [5, 5.41) is -0.178. The summed E-state index contributed by atoms with van der Waals surface area (Å²) in [7, 11) is -3.57. The predicted octanol–water partition coefficient (Wildman–Crippen LogP) is 3.69. The van der Waals surface area contributed by atoms with Crippen molar-refractivity contribution in [2.75, 3.05) is 9.93 Å². The second kappa shape index (κ2) is 5.10. The number of sulfonamides is 1. The summed E-state index contributed by atoms with van der Waals surface area (Å²) < 4.78 is 25.1. The van der Waals surface area contributed by atoms with E-state index in [9.17, 15) is 8.42 Å². The van der Waals surface area contributed by atoms with Gasteiger partial charge in [-0.25, -0.2) is 8.42 Å². The molecule has 0 aliphatic rings. The summed E-state index contributed by atoms with van der Waals surface area (Å²) in [6.45, 7) is 0. The van der Waals surface area contributed by atoms with Gasteiger partial charge in [0.25, 0.3) is 0 Å². The molecule has 0 unspecified atom stereocenters. The van der Waals surface area contributed by atoms with Gasteiger partial charge in [0.2, 0.25) is 10.0 Å². The predicted molar refractivity (Wildman–Crippen MR) is 67.4 cm³/mol. The Kier molecular flexibility index (Phi) is 4.55. The van der Waals surface area contributed by atoms with Gasteiger partial charge in [0.05, 0.1) is 15.7 Å². The maximum atomic E-state index is 11.2. The van der Waals surface area contributed by atoms with E-state index in [2.05, 4.69) is 20.7 Å². The van der Waals surface area contributed by atoms with Crippen molar-refractivity contribution in [1.29, 1.82) is 0 Å². The molecule has 1 aromatic carbocycles. The van der Waals surface area contributed by atoms with Crippen LogP contribution in [0.25, 0.3) is 0 Å². The zero-order chi connectivity index (χ0) is 11.6. The molecule has 0 aliphatic carbocycles. The van der Waals surface area contributed by atoms with Crippen LogP contribution in [0.3, 0.4) is 0 Å². The molecule has 0 atom stereocenters. The lowest BCUT2D eigenvalue weighted by molar-refractivity contribution is 0.605. The first-order valence-corrected chi connectivity index (χ1v) is 7.31. The molecule has 0 saturated heterocycles. The fourth-order valence-electron chi connectivity index (χ4n) is 0.800. The van der Waals surface area contributed by atoms with Crippen LogP contribution in [0.1, 0.15) is 0 Å². The minimum absolute atomic E-state index is 0.125. The Morgan fingerprint density at radius 3 is 2.40 bits per heavy atom. The van der Waals surface area contributed by atoms with Gasteiger partial charge in [-0.05, 0) is 28.1 Å². The Morgan fingerprint density at radius 2 is 1.87 bits per heavy atom. The first-order valence-electron chi connectivity index (χ1n) is 3.57. The van der Waals surface area contributed by atoms with Gasteiger partial charge in [-0.3, -0.25) is 4.72 Å². The minimum Gasteiger partial charge on any atom is -0.281 e. The van der Waals surface area contributed by atoms with E-state index in [1.807, 2.05) is 0 Å². The van der Waals surface area contributed by atoms with Gasteiger partial charge in [0.1, 0.15) is 5.21 Å². The summed E-state index contributed by atoms with van der Waals surface area (Å²) in [6, 6.07) is 3.07. The van der Waals surface area contributed by atoms with Gasteiger partial charge in [-0.15, -0.1) is 11.6 Å². The molecule has 0 heterocycles. The molecular formula is C7H5BrCl3NO2S. The van der Waals surface area contributed by atoms with Gasteiger partial charge in [0, 0.05) is 4.47 Å². The number of hydrogen-bond donors (Lipinski definition) is 1. The van der Waals surface area contributed by atoms with E-state index in [-0.39, 0.29) is 15.7 Å². The van der Waals surface area contributed by atoms with Gasteiger partial charge in [-0.2, -0.15) is 0 Å². The normalized spacial score (nSPS) is 11.5. The smallest absolute Gasteiger partial charge is 0.246 e. The number of benzene rings is 1. The van der Waals surface area contributed by atoms with Crippen molar-refractivity contribution in [3.63, 3.8) is 0 Å². The number of nitrogens with one attached hydrogen (secondary N) is 1. The summed E-state index contributed by atoms with van der Waals surface area (Å²) in [5.74, 6) is 0. The number of anilines is 1. The summed E-state index contributed by atoms with van der Waals surface area (Å²) in [5.41, 5.74) is 0.200. The molecule has 0 spiro atoms. The second-order valence-corrected chi connectivity index (χ2v) is 6.47. The van der Waals surface area contributed by atoms with Crippen LogP contribution in [0.15, 0.2) is 16.6 Å². The average Bonchev–Trinajstić information content (AvgIpc) is 2.19. The van der Waals surface area contributed by atoms with Crippen LogP contribution in [0, 0.1) is 0 Å². The van der Waals surface area contributed by atoms with Crippen LogP contribution in [0.4, 0.5) is 5.69 Å². The Balaban J connectivity index is 3.13. The third-order valence-electron chi connectivity index (χ3n) is 1.44. The maximum Gasteiger partial charge on any atom is 0.246 e. The maximum absolute atomic E-state index is 11.2. The van der Waals surface area contributed by atoms with E-state index in [1.54, 1.807) is 6.07 Å². The van der Waals surface area contributed by atoms with Crippen LogP contribution < -0.4 is 4.72 Å². The van der Waals surface area contributed by atoms with Crippen molar-refractivity contribution >= 4 is 66.4 Å². The molecular weight excluding hydrogens is 348 g/mol. The van der Waals surface area contributed by atoms with E-state index in [4.69, 9.17) is 34.8 Å². The molecule has 0 amide bonds. The molecule has 0 aromatic heterocycles. The van der Waals surface area contributed by atoms with Crippen molar-refractivity contribution in [2.45, 2.75) is 0 Å². The summed E-state index contributed by atoms with van der Waals surface area (Å²) in [6.07, 6.45) is 0. The van der Waals surface area contributed by atoms with Crippen LogP contribution in [0.5, 0.6) is 0 Å². The molecule has 0 saturated carbocycles. The lowest BCUT2D eigenvalue weighted by Gasteiger charge is -2.09. The Bertz CT molecular complexity index is 477. The first kappa shape index (κ1) is 13.4. The highest BCUT2D eigenvalue weighted by molar-refractivity contribution is 9.10.